The number of aromatic amines is 3. The van der Waals surface area contributed by atoms with E-state index in [-0.39, 0.29) is 17.6 Å². The van der Waals surface area contributed by atoms with Gasteiger partial charge in [-0.2, -0.15) is 0 Å². The molecule has 0 bridgehead atoms. The molecule has 3 N–H and O–H groups in total. The molecular formula is C38H35Br2N3OS2. The molecule has 0 saturated heterocycles. The molecule has 8 heteroatoms. The van der Waals surface area contributed by atoms with E-state index in [2.05, 4.69) is 134 Å². The Balaban J connectivity index is 1.47. The average Bonchev–Trinajstić information content (AvgIpc) is 3.83. The predicted molar refractivity (Wildman–Crippen MR) is 202 cm³/mol. The first-order chi connectivity index (χ1) is 22.1. The third-order valence-electron chi connectivity index (χ3n) is 9.50. The molecule has 2 atom stereocenters. The molecule has 5 heterocycles. The second-order valence-electron chi connectivity index (χ2n) is 12.2. The maximum atomic E-state index is 12.8. The molecule has 0 spiro atoms. The standard InChI is InChI=1S/C38H35Br2N3OS2/c1-7-25-18(2)37(41-20(25)4)35(28-16-45-32-12-8-23(39)14-26(28)32)30-10-11-31(43-30)36(38-19(3)34(22(6)44)21(5)42-38)29-17-46-33-13-9-24(40)15-27(29)33/h8-17,35-36,41-43H,7H2,1-6H3. The molecule has 0 aliphatic rings. The van der Waals surface area contributed by atoms with Crippen molar-refractivity contribution >= 4 is 80.5 Å². The first-order valence-corrected chi connectivity index (χ1v) is 18.8. The Morgan fingerprint density at radius 3 is 1.67 bits per heavy atom. The number of rotatable bonds is 8. The van der Waals surface area contributed by atoms with Gasteiger partial charge in [0.1, 0.15) is 0 Å². The second kappa shape index (κ2) is 12.1. The molecule has 4 nitrogen and oxygen atoms in total. The van der Waals surface area contributed by atoms with Crippen LogP contribution in [-0.2, 0) is 6.42 Å². The van der Waals surface area contributed by atoms with Crippen LogP contribution in [0.1, 0.15) is 98.0 Å². The number of hydrogen-bond donors (Lipinski definition) is 3. The number of aromatic nitrogens is 3. The number of thiophene rings is 2. The van der Waals surface area contributed by atoms with Crippen LogP contribution in [0.25, 0.3) is 20.2 Å². The summed E-state index contributed by atoms with van der Waals surface area (Å²) in [6.45, 7) is 12.4. The van der Waals surface area contributed by atoms with E-state index in [4.69, 9.17) is 0 Å². The number of fused-ring (bicyclic) bond motifs is 2. The summed E-state index contributed by atoms with van der Waals surface area (Å²) in [6.07, 6.45) is 0.986. The van der Waals surface area contributed by atoms with Crippen LogP contribution in [0.3, 0.4) is 0 Å². The number of nitrogens with one attached hydrogen (secondary N) is 3. The normalized spacial score (nSPS) is 13.2. The van der Waals surface area contributed by atoms with Gasteiger partial charge in [0.25, 0.3) is 0 Å². The largest absolute Gasteiger partial charge is 0.361 e. The fourth-order valence-electron chi connectivity index (χ4n) is 7.44. The molecule has 234 valence electrons. The van der Waals surface area contributed by atoms with Gasteiger partial charge in [-0.25, -0.2) is 0 Å². The van der Waals surface area contributed by atoms with E-state index in [9.17, 15) is 4.79 Å². The zero-order valence-electron chi connectivity index (χ0n) is 26.6. The van der Waals surface area contributed by atoms with Crippen molar-refractivity contribution in [2.75, 3.05) is 0 Å². The molecule has 2 aromatic carbocycles. The highest BCUT2D eigenvalue weighted by atomic mass is 79.9. The minimum absolute atomic E-state index is 0.0101. The molecule has 0 radical (unpaired) electrons. The Morgan fingerprint density at radius 2 is 1.22 bits per heavy atom. The fourth-order valence-corrected chi connectivity index (χ4v) is 10.1. The van der Waals surface area contributed by atoms with Gasteiger partial charge in [0.2, 0.25) is 0 Å². The summed E-state index contributed by atoms with van der Waals surface area (Å²) in [5, 5.41) is 7.07. The van der Waals surface area contributed by atoms with Crippen molar-refractivity contribution in [2.24, 2.45) is 0 Å². The minimum atomic E-state index is -0.115. The highest BCUT2D eigenvalue weighted by Gasteiger charge is 2.31. The van der Waals surface area contributed by atoms with Crippen LogP contribution in [0, 0.1) is 27.7 Å². The number of halogens is 2. The summed E-state index contributed by atoms with van der Waals surface area (Å²) in [4.78, 5) is 24.2. The topological polar surface area (TPSA) is 64.4 Å². The summed E-state index contributed by atoms with van der Waals surface area (Å²) in [7, 11) is 0. The fraction of sp³-hybridized carbons (Fsp3) is 0.237. The number of hydrogen-bond acceptors (Lipinski definition) is 3. The van der Waals surface area contributed by atoms with Gasteiger partial charge < -0.3 is 15.0 Å². The van der Waals surface area contributed by atoms with Gasteiger partial charge in [-0.1, -0.05) is 38.8 Å². The van der Waals surface area contributed by atoms with E-state index in [0.29, 0.717) is 0 Å². The van der Waals surface area contributed by atoms with E-state index in [1.165, 1.54) is 53.8 Å². The van der Waals surface area contributed by atoms with Crippen molar-refractivity contribution in [3.8, 4) is 0 Å². The SMILES string of the molecule is CCc1c(C)[nH]c(C(c2ccc(C(c3[nH]c(C)c(C(C)=O)c3C)c3csc4ccc(Br)cc34)[nH]2)c2csc3ccc(Br)cc23)c1C. The van der Waals surface area contributed by atoms with Crippen molar-refractivity contribution in [3.05, 3.63) is 136 Å². The van der Waals surface area contributed by atoms with Gasteiger partial charge >= 0.3 is 0 Å². The number of ketones is 1. The lowest BCUT2D eigenvalue weighted by Crippen LogP contribution is -2.09. The van der Waals surface area contributed by atoms with Crippen molar-refractivity contribution in [1.82, 2.24) is 15.0 Å². The van der Waals surface area contributed by atoms with E-state index in [1.807, 2.05) is 6.92 Å². The minimum Gasteiger partial charge on any atom is -0.361 e. The van der Waals surface area contributed by atoms with Gasteiger partial charge in [-0.3, -0.25) is 4.79 Å². The van der Waals surface area contributed by atoms with Gasteiger partial charge in [0.15, 0.2) is 5.78 Å². The highest BCUT2D eigenvalue weighted by molar-refractivity contribution is 9.10. The summed E-state index contributed by atoms with van der Waals surface area (Å²) in [5.41, 5.74) is 13.7. The lowest BCUT2D eigenvalue weighted by molar-refractivity contribution is 0.101. The molecule has 7 rings (SSSR count). The summed E-state index contributed by atoms with van der Waals surface area (Å²) < 4.78 is 4.64. The quantitative estimate of drug-likeness (QED) is 0.132. The van der Waals surface area contributed by atoms with Crippen LogP contribution in [0.4, 0.5) is 0 Å². The smallest absolute Gasteiger partial charge is 0.161 e. The lowest BCUT2D eigenvalue weighted by atomic mass is 9.89. The Labute approximate surface area is 293 Å². The molecule has 5 aromatic heterocycles. The van der Waals surface area contributed by atoms with Crippen LogP contribution in [0.15, 0.2) is 68.2 Å². The zero-order valence-corrected chi connectivity index (χ0v) is 31.4. The van der Waals surface area contributed by atoms with Crippen LogP contribution in [0.2, 0.25) is 0 Å². The van der Waals surface area contributed by atoms with Crippen molar-refractivity contribution in [1.29, 1.82) is 0 Å². The molecule has 0 saturated carbocycles. The molecule has 0 aliphatic carbocycles. The van der Waals surface area contributed by atoms with Crippen LogP contribution in [0.5, 0.6) is 0 Å². The number of carbonyl (C=O) groups excluding carboxylic acids is 1. The van der Waals surface area contributed by atoms with E-state index in [0.717, 1.165) is 49.3 Å². The van der Waals surface area contributed by atoms with Gasteiger partial charge in [0.05, 0.1) is 11.8 Å². The number of aryl methyl sites for hydroxylation is 2. The molecule has 0 fully saturated rings. The Bertz CT molecular complexity index is 2280. The molecule has 2 unspecified atom stereocenters. The van der Waals surface area contributed by atoms with E-state index >= 15 is 0 Å². The number of H-pyrrole nitrogens is 3. The third-order valence-corrected chi connectivity index (χ3v) is 12.4. The molecule has 0 aliphatic heterocycles. The highest BCUT2D eigenvalue weighted by Crippen LogP contribution is 2.45. The molecule has 7 aromatic rings. The van der Waals surface area contributed by atoms with Crippen LogP contribution in [-0.4, -0.2) is 20.7 Å². The average molecular weight is 774 g/mol. The molecular weight excluding hydrogens is 738 g/mol. The van der Waals surface area contributed by atoms with Crippen molar-refractivity contribution in [3.63, 3.8) is 0 Å². The van der Waals surface area contributed by atoms with E-state index < -0.39 is 0 Å². The Kier molecular flexibility index (Phi) is 8.29. The lowest BCUT2D eigenvalue weighted by Gasteiger charge is -2.19. The van der Waals surface area contributed by atoms with Gasteiger partial charge in [0, 0.05) is 58.1 Å². The van der Waals surface area contributed by atoms with Crippen LogP contribution >= 0.6 is 54.5 Å². The Morgan fingerprint density at radius 1 is 0.717 bits per heavy atom. The van der Waals surface area contributed by atoms with Crippen LogP contribution < -0.4 is 0 Å². The number of benzene rings is 2. The van der Waals surface area contributed by atoms with E-state index in [1.54, 1.807) is 29.6 Å². The van der Waals surface area contributed by atoms with Gasteiger partial charge in [-0.05, 0) is 139 Å². The summed E-state index contributed by atoms with van der Waals surface area (Å²) in [5.74, 6) is -0.0411. The maximum Gasteiger partial charge on any atom is 0.161 e. The van der Waals surface area contributed by atoms with Crippen molar-refractivity contribution in [2.45, 2.75) is 59.8 Å². The number of carbonyl (C=O) groups is 1. The zero-order chi connectivity index (χ0) is 32.4. The van der Waals surface area contributed by atoms with Gasteiger partial charge in [-0.15, -0.1) is 22.7 Å². The summed E-state index contributed by atoms with van der Waals surface area (Å²) >= 11 is 11.0. The second-order valence-corrected chi connectivity index (χ2v) is 15.9. The monoisotopic (exact) mass is 771 g/mol. The van der Waals surface area contributed by atoms with Crippen molar-refractivity contribution < 1.29 is 4.79 Å². The molecule has 46 heavy (non-hydrogen) atoms. The Hall–Kier alpha value is -3.17. The first-order valence-electron chi connectivity index (χ1n) is 15.5. The third kappa shape index (κ3) is 5.18. The summed E-state index contributed by atoms with van der Waals surface area (Å²) in [6, 6.07) is 17.6. The number of Topliss-reactive ketones (excluding diaryl/α,β-unsaturated/α-hetero) is 1. The maximum absolute atomic E-state index is 12.8. The molecule has 0 amide bonds. The predicted octanol–water partition coefficient (Wildman–Crippen LogP) is 12.0. The first kappa shape index (κ1) is 31.4.